The predicted molar refractivity (Wildman–Crippen MR) is 75.5 cm³/mol. The molecule has 1 rings (SSSR count). The molecule has 0 fully saturated rings. The van der Waals surface area contributed by atoms with Crippen LogP contribution < -0.4 is 0 Å². The van der Waals surface area contributed by atoms with Crippen LogP contribution in [0.3, 0.4) is 0 Å². The first-order chi connectivity index (χ1) is 8.65. The standard InChI is InChI=1S/C14H23NO2S/c1-3-4-5-6-7-8-9-10-12-15-11(2)13(18-12)14(16)17/h3-10H2,1-2H3,(H,16,17). The molecule has 1 heterocycles. The fraction of sp³-hybridized carbons (Fsp3) is 0.714. The second-order valence-electron chi connectivity index (χ2n) is 4.70. The minimum absolute atomic E-state index is 0.396. The first-order valence-corrected chi connectivity index (χ1v) is 7.66. The molecule has 0 aliphatic rings. The molecule has 0 bridgehead atoms. The zero-order valence-corrected chi connectivity index (χ0v) is 12.2. The molecule has 0 spiro atoms. The van der Waals surface area contributed by atoms with E-state index in [0.717, 1.165) is 17.8 Å². The third-order valence-corrected chi connectivity index (χ3v) is 4.23. The molecular formula is C14H23NO2S. The van der Waals surface area contributed by atoms with Crippen molar-refractivity contribution < 1.29 is 9.90 Å². The van der Waals surface area contributed by atoms with Crippen molar-refractivity contribution in [1.29, 1.82) is 0 Å². The van der Waals surface area contributed by atoms with Crippen molar-refractivity contribution in [2.24, 2.45) is 0 Å². The predicted octanol–water partition coefficient (Wildman–Crippen LogP) is 4.44. The molecule has 1 aromatic rings. The lowest BCUT2D eigenvalue weighted by molar-refractivity contribution is 0.0701. The van der Waals surface area contributed by atoms with E-state index in [1.807, 2.05) is 0 Å². The van der Waals surface area contributed by atoms with Gasteiger partial charge in [0.15, 0.2) is 0 Å². The Hall–Kier alpha value is -0.900. The number of carboxylic acids is 1. The molecule has 1 N–H and O–H groups in total. The summed E-state index contributed by atoms with van der Waals surface area (Å²) in [5.74, 6) is -0.851. The Bertz CT molecular complexity index is 374. The Morgan fingerprint density at radius 2 is 1.78 bits per heavy atom. The lowest BCUT2D eigenvalue weighted by Gasteiger charge is -1.99. The van der Waals surface area contributed by atoms with E-state index in [0.29, 0.717) is 10.6 Å². The van der Waals surface area contributed by atoms with Crippen molar-refractivity contribution in [3.05, 3.63) is 15.6 Å². The molecule has 102 valence electrons. The maximum atomic E-state index is 10.9. The summed E-state index contributed by atoms with van der Waals surface area (Å²) >= 11 is 1.33. The van der Waals surface area contributed by atoms with Crippen LogP contribution in [-0.2, 0) is 6.42 Å². The number of rotatable bonds is 9. The number of hydrogen-bond donors (Lipinski definition) is 1. The third-order valence-electron chi connectivity index (χ3n) is 3.03. The number of hydrogen-bond acceptors (Lipinski definition) is 3. The average molecular weight is 269 g/mol. The highest BCUT2D eigenvalue weighted by atomic mass is 32.1. The number of carboxylic acid groups (broad SMARTS) is 1. The quantitative estimate of drug-likeness (QED) is 0.674. The van der Waals surface area contributed by atoms with Crippen molar-refractivity contribution >= 4 is 17.3 Å². The van der Waals surface area contributed by atoms with E-state index in [2.05, 4.69) is 11.9 Å². The number of thiazole rings is 1. The summed E-state index contributed by atoms with van der Waals surface area (Å²) in [5, 5.41) is 9.91. The van der Waals surface area contributed by atoms with Crippen molar-refractivity contribution in [3.8, 4) is 0 Å². The monoisotopic (exact) mass is 269 g/mol. The number of aromatic carboxylic acids is 1. The number of aromatic nitrogens is 1. The van der Waals surface area contributed by atoms with Gasteiger partial charge in [0.05, 0.1) is 10.7 Å². The van der Waals surface area contributed by atoms with E-state index in [9.17, 15) is 4.79 Å². The number of nitrogens with zero attached hydrogens (tertiary/aromatic N) is 1. The Labute approximate surface area is 113 Å². The summed E-state index contributed by atoms with van der Waals surface area (Å²) in [4.78, 5) is 15.6. The van der Waals surface area contributed by atoms with Gasteiger partial charge < -0.3 is 5.11 Å². The molecule has 0 unspecified atom stereocenters. The fourth-order valence-corrected chi connectivity index (χ4v) is 2.94. The zero-order chi connectivity index (χ0) is 13.4. The van der Waals surface area contributed by atoms with Crippen LogP contribution in [0, 0.1) is 6.92 Å². The molecule has 1 aromatic heterocycles. The molecule has 0 amide bonds. The number of carbonyl (C=O) groups is 1. The summed E-state index contributed by atoms with van der Waals surface area (Å²) in [6, 6.07) is 0. The SMILES string of the molecule is CCCCCCCCCc1nc(C)c(C(=O)O)s1. The van der Waals surface area contributed by atoms with Crippen LogP contribution in [0.5, 0.6) is 0 Å². The average Bonchev–Trinajstić information content (AvgIpc) is 2.69. The lowest BCUT2D eigenvalue weighted by atomic mass is 10.1. The van der Waals surface area contributed by atoms with Crippen molar-refractivity contribution in [2.75, 3.05) is 0 Å². The van der Waals surface area contributed by atoms with Crippen LogP contribution in [0.25, 0.3) is 0 Å². The third kappa shape index (κ3) is 5.17. The van der Waals surface area contributed by atoms with Crippen LogP contribution in [-0.4, -0.2) is 16.1 Å². The van der Waals surface area contributed by atoms with Gasteiger partial charge in [-0.25, -0.2) is 9.78 Å². The topological polar surface area (TPSA) is 50.2 Å². The van der Waals surface area contributed by atoms with E-state index in [4.69, 9.17) is 5.11 Å². The van der Waals surface area contributed by atoms with Gasteiger partial charge in [0.2, 0.25) is 0 Å². The Balaban J connectivity index is 2.19. The molecule has 0 atom stereocenters. The van der Waals surface area contributed by atoms with E-state index in [1.54, 1.807) is 6.92 Å². The van der Waals surface area contributed by atoms with Crippen LogP contribution in [0.1, 0.15) is 72.2 Å². The molecule has 18 heavy (non-hydrogen) atoms. The highest BCUT2D eigenvalue weighted by Crippen LogP contribution is 2.20. The molecule has 0 aliphatic carbocycles. The number of unbranched alkanes of at least 4 members (excludes halogenated alkanes) is 6. The Morgan fingerprint density at radius 3 is 2.33 bits per heavy atom. The highest BCUT2D eigenvalue weighted by Gasteiger charge is 2.13. The maximum Gasteiger partial charge on any atom is 0.347 e. The van der Waals surface area contributed by atoms with Gasteiger partial charge in [-0.2, -0.15) is 0 Å². The summed E-state index contributed by atoms with van der Waals surface area (Å²) < 4.78 is 0. The van der Waals surface area contributed by atoms with E-state index >= 15 is 0 Å². The highest BCUT2D eigenvalue weighted by molar-refractivity contribution is 7.13. The van der Waals surface area contributed by atoms with Crippen molar-refractivity contribution in [3.63, 3.8) is 0 Å². The summed E-state index contributed by atoms with van der Waals surface area (Å²) in [6.45, 7) is 4.00. The number of aryl methyl sites for hydroxylation is 2. The van der Waals surface area contributed by atoms with Gasteiger partial charge in [-0.3, -0.25) is 0 Å². The van der Waals surface area contributed by atoms with Gasteiger partial charge in [-0.1, -0.05) is 45.4 Å². The van der Waals surface area contributed by atoms with Gasteiger partial charge in [0.1, 0.15) is 4.88 Å². The zero-order valence-electron chi connectivity index (χ0n) is 11.4. The Kier molecular flexibility index (Phi) is 6.94. The lowest BCUT2D eigenvalue weighted by Crippen LogP contribution is -1.94. The van der Waals surface area contributed by atoms with Gasteiger partial charge in [0.25, 0.3) is 0 Å². The van der Waals surface area contributed by atoms with E-state index in [1.165, 1.54) is 49.9 Å². The molecule has 0 aromatic carbocycles. The summed E-state index contributed by atoms with van der Waals surface area (Å²) in [6.07, 6.45) is 9.86. The minimum Gasteiger partial charge on any atom is -0.477 e. The van der Waals surface area contributed by atoms with Gasteiger partial charge in [0, 0.05) is 0 Å². The first-order valence-electron chi connectivity index (χ1n) is 6.84. The van der Waals surface area contributed by atoms with Gasteiger partial charge in [-0.15, -0.1) is 11.3 Å². The molecule has 0 aliphatic heterocycles. The normalized spacial score (nSPS) is 10.8. The maximum absolute atomic E-state index is 10.9. The fourth-order valence-electron chi connectivity index (χ4n) is 1.99. The van der Waals surface area contributed by atoms with Gasteiger partial charge in [-0.05, 0) is 19.8 Å². The molecular weight excluding hydrogens is 246 g/mol. The molecule has 0 saturated heterocycles. The van der Waals surface area contributed by atoms with Crippen molar-refractivity contribution in [1.82, 2.24) is 4.98 Å². The molecule has 4 heteroatoms. The van der Waals surface area contributed by atoms with E-state index in [-0.39, 0.29) is 0 Å². The molecule has 0 radical (unpaired) electrons. The smallest absolute Gasteiger partial charge is 0.347 e. The van der Waals surface area contributed by atoms with Crippen LogP contribution in [0.4, 0.5) is 0 Å². The van der Waals surface area contributed by atoms with Crippen molar-refractivity contribution in [2.45, 2.75) is 65.2 Å². The van der Waals surface area contributed by atoms with Crippen LogP contribution >= 0.6 is 11.3 Å². The Morgan fingerprint density at radius 1 is 1.17 bits per heavy atom. The summed E-state index contributed by atoms with van der Waals surface area (Å²) in [5.41, 5.74) is 0.658. The summed E-state index contributed by atoms with van der Waals surface area (Å²) in [7, 11) is 0. The van der Waals surface area contributed by atoms with E-state index < -0.39 is 5.97 Å². The minimum atomic E-state index is -0.851. The second kappa shape index (κ2) is 8.25. The first kappa shape index (κ1) is 15.2. The second-order valence-corrected chi connectivity index (χ2v) is 5.78. The van der Waals surface area contributed by atoms with Gasteiger partial charge >= 0.3 is 5.97 Å². The largest absolute Gasteiger partial charge is 0.477 e. The molecule has 0 saturated carbocycles. The van der Waals surface area contributed by atoms with Crippen LogP contribution in [0.15, 0.2) is 0 Å². The van der Waals surface area contributed by atoms with Crippen LogP contribution in [0.2, 0.25) is 0 Å². The molecule has 3 nitrogen and oxygen atoms in total.